The van der Waals surface area contributed by atoms with Crippen molar-refractivity contribution >= 4 is 17.9 Å². The Kier molecular flexibility index (Phi) is 10.4. The van der Waals surface area contributed by atoms with Gasteiger partial charge in [0.2, 0.25) is 11.8 Å². The molecule has 0 aliphatic heterocycles. The Morgan fingerprint density at radius 1 is 1.00 bits per heavy atom. The maximum absolute atomic E-state index is 13.4. The molecule has 1 aromatic rings. The number of benzene rings is 1. The molecule has 7 nitrogen and oxygen atoms in total. The second kappa shape index (κ2) is 12.1. The highest BCUT2D eigenvalue weighted by Gasteiger charge is 2.39. The lowest BCUT2D eigenvalue weighted by Crippen LogP contribution is -2.55. The van der Waals surface area contributed by atoms with E-state index in [1.54, 1.807) is 25.7 Å². The van der Waals surface area contributed by atoms with Crippen LogP contribution in [0.3, 0.4) is 0 Å². The molecule has 3 amide bonds. The molecule has 0 aliphatic rings. The van der Waals surface area contributed by atoms with Crippen LogP contribution in [0, 0.1) is 13.8 Å². The number of unbranched alkanes of at least 4 members (excludes halogenated alkanes) is 2. The number of nitrogens with one attached hydrogen (secondary N) is 2. The van der Waals surface area contributed by atoms with Crippen molar-refractivity contribution in [3.8, 4) is 0 Å². The minimum absolute atomic E-state index is 0.224. The molecule has 0 aromatic heterocycles. The number of alkyl carbamates (subject to hydrolysis) is 1. The van der Waals surface area contributed by atoms with Crippen molar-refractivity contribution in [3.05, 3.63) is 34.9 Å². The minimum Gasteiger partial charge on any atom is -0.444 e. The van der Waals surface area contributed by atoms with Crippen LogP contribution in [0.2, 0.25) is 0 Å². The highest BCUT2D eigenvalue weighted by molar-refractivity contribution is 5.91. The molecule has 7 heteroatoms. The Balaban J connectivity index is 3.27. The smallest absolute Gasteiger partial charge is 0.408 e. The van der Waals surface area contributed by atoms with Gasteiger partial charge in [-0.1, -0.05) is 43.5 Å². The fraction of sp³-hybridized carbons (Fsp3) is 0.654. The predicted molar refractivity (Wildman–Crippen MR) is 132 cm³/mol. The van der Waals surface area contributed by atoms with Gasteiger partial charge in [0.05, 0.1) is 0 Å². The van der Waals surface area contributed by atoms with Crippen molar-refractivity contribution in [1.82, 2.24) is 15.5 Å². The minimum atomic E-state index is -0.819. The van der Waals surface area contributed by atoms with Crippen LogP contribution in [-0.2, 0) is 14.3 Å². The fourth-order valence-corrected chi connectivity index (χ4v) is 3.67. The number of amides is 3. The zero-order chi connectivity index (χ0) is 25.4. The third-order valence-corrected chi connectivity index (χ3v) is 5.08. The van der Waals surface area contributed by atoms with Crippen LogP contribution in [0.25, 0.3) is 0 Å². The van der Waals surface area contributed by atoms with Gasteiger partial charge in [-0.15, -0.1) is 0 Å². The van der Waals surface area contributed by atoms with E-state index < -0.39 is 23.3 Å². The first-order chi connectivity index (χ1) is 15.2. The Morgan fingerprint density at radius 2 is 1.64 bits per heavy atom. The topological polar surface area (TPSA) is 87.7 Å². The molecule has 0 aliphatic carbocycles. The lowest BCUT2D eigenvalue weighted by molar-refractivity contribution is -0.146. The van der Waals surface area contributed by atoms with Gasteiger partial charge in [-0.3, -0.25) is 9.59 Å². The summed E-state index contributed by atoms with van der Waals surface area (Å²) in [5.41, 5.74) is 1.45. The van der Waals surface area contributed by atoms with Gasteiger partial charge in [0.25, 0.3) is 0 Å². The molecule has 0 saturated carbocycles. The molecule has 0 radical (unpaired) electrons. The Hall–Kier alpha value is -2.57. The van der Waals surface area contributed by atoms with E-state index in [-0.39, 0.29) is 18.4 Å². The maximum Gasteiger partial charge on any atom is 0.408 e. The van der Waals surface area contributed by atoms with Crippen LogP contribution in [0.5, 0.6) is 0 Å². The van der Waals surface area contributed by atoms with Crippen LogP contribution >= 0.6 is 0 Å². The predicted octanol–water partition coefficient (Wildman–Crippen LogP) is 4.80. The lowest BCUT2D eigenvalue weighted by atomic mass is 9.93. The summed E-state index contributed by atoms with van der Waals surface area (Å²) in [4.78, 5) is 40.5. The Labute approximate surface area is 199 Å². The molecule has 1 unspecified atom stereocenters. The summed E-state index contributed by atoms with van der Waals surface area (Å²) in [5, 5.41) is 5.55. The van der Waals surface area contributed by atoms with Crippen LogP contribution in [-0.4, -0.2) is 47.0 Å². The summed E-state index contributed by atoms with van der Waals surface area (Å²) in [6.45, 7) is 17.3. The summed E-state index contributed by atoms with van der Waals surface area (Å²) in [7, 11) is 0. The van der Waals surface area contributed by atoms with E-state index in [0.717, 1.165) is 36.0 Å². The molecule has 0 heterocycles. The zero-order valence-electron chi connectivity index (χ0n) is 21.9. The number of aryl methyl sites for hydroxylation is 2. The van der Waals surface area contributed by atoms with Gasteiger partial charge < -0.3 is 20.3 Å². The number of hydrogen-bond acceptors (Lipinski definition) is 4. The van der Waals surface area contributed by atoms with Gasteiger partial charge in [-0.25, -0.2) is 4.79 Å². The molecule has 1 aromatic carbocycles. The van der Waals surface area contributed by atoms with Crippen LogP contribution in [0.15, 0.2) is 18.2 Å². The third kappa shape index (κ3) is 9.44. The van der Waals surface area contributed by atoms with E-state index >= 15 is 0 Å². The molecule has 2 N–H and O–H groups in total. The van der Waals surface area contributed by atoms with E-state index in [1.165, 1.54) is 0 Å². The normalized spacial score (nSPS) is 12.6. The monoisotopic (exact) mass is 461 g/mol. The van der Waals surface area contributed by atoms with Crippen LogP contribution in [0.1, 0.15) is 90.5 Å². The average Bonchev–Trinajstić information content (AvgIpc) is 2.65. The average molecular weight is 462 g/mol. The van der Waals surface area contributed by atoms with Crippen molar-refractivity contribution in [1.29, 1.82) is 0 Å². The van der Waals surface area contributed by atoms with E-state index in [9.17, 15) is 14.4 Å². The second-order valence-corrected chi connectivity index (χ2v) is 10.6. The van der Waals surface area contributed by atoms with Crippen molar-refractivity contribution in [2.75, 3.05) is 13.1 Å². The summed E-state index contributed by atoms with van der Waals surface area (Å²) in [6, 6.07) is 5.05. The summed E-state index contributed by atoms with van der Waals surface area (Å²) in [6.07, 6.45) is 2.29. The van der Waals surface area contributed by atoms with Crippen molar-refractivity contribution in [2.45, 2.75) is 98.8 Å². The molecular formula is C26H43N3O4. The maximum atomic E-state index is 13.4. The van der Waals surface area contributed by atoms with E-state index in [1.807, 2.05) is 52.8 Å². The van der Waals surface area contributed by atoms with Crippen LogP contribution < -0.4 is 10.6 Å². The molecule has 0 bridgehead atoms. The molecule has 0 fully saturated rings. The number of carbonyl (C=O) groups excluding carboxylic acids is 3. The summed E-state index contributed by atoms with van der Waals surface area (Å²) >= 11 is 0. The molecular weight excluding hydrogens is 418 g/mol. The first-order valence-electron chi connectivity index (χ1n) is 11.8. The van der Waals surface area contributed by atoms with E-state index in [2.05, 4.69) is 17.6 Å². The van der Waals surface area contributed by atoms with Gasteiger partial charge in [-0.2, -0.15) is 0 Å². The van der Waals surface area contributed by atoms with Gasteiger partial charge in [-0.05, 0) is 72.9 Å². The van der Waals surface area contributed by atoms with E-state index in [0.29, 0.717) is 6.54 Å². The van der Waals surface area contributed by atoms with E-state index in [4.69, 9.17) is 4.74 Å². The molecule has 1 atom stereocenters. The standard InChI is InChI=1S/C26H43N3O4/c1-10-11-12-15-27-23(31)22(20-14-13-18(2)16-19(20)3)29(25(4,5)6)21(30)17-28-24(32)33-26(7,8)9/h13-14,16,22H,10-12,15,17H2,1-9H3,(H,27,31)(H,28,32). The molecule has 1 rings (SSSR count). The van der Waals surface area contributed by atoms with Crippen molar-refractivity contribution < 1.29 is 19.1 Å². The number of nitrogens with zero attached hydrogens (tertiary/aromatic N) is 1. The number of hydrogen-bond donors (Lipinski definition) is 2. The summed E-state index contributed by atoms with van der Waals surface area (Å²) in [5.74, 6) is -0.583. The first kappa shape index (κ1) is 28.5. The fourth-order valence-electron chi connectivity index (χ4n) is 3.67. The van der Waals surface area contributed by atoms with Gasteiger partial charge in [0.1, 0.15) is 18.2 Å². The number of ether oxygens (including phenoxy) is 1. The quantitative estimate of drug-likeness (QED) is 0.517. The van der Waals surface area contributed by atoms with Crippen molar-refractivity contribution in [2.24, 2.45) is 0 Å². The Bertz CT molecular complexity index is 822. The second-order valence-electron chi connectivity index (χ2n) is 10.6. The molecule has 33 heavy (non-hydrogen) atoms. The highest BCUT2D eigenvalue weighted by Crippen LogP contribution is 2.31. The SMILES string of the molecule is CCCCCNC(=O)C(c1ccc(C)cc1C)N(C(=O)CNC(=O)OC(C)(C)C)C(C)(C)C. The summed E-state index contributed by atoms with van der Waals surface area (Å²) < 4.78 is 5.25. The van der Waals surface area contributed by atoms with Gasteiger partial charge in [0, 0.05) is 12.1 Å². The van der Waals surface area contributed by atoms with Gasteiger partial charge >= 0.3 is 6.09 Å². The number of rotatable bonds is 9. The molecule has 0 spiro atoms. The number of carbonyl (C=O) groups is 3. The molecule has 0 saturated heterocycles. The third-order valence-electron chi connectivity index (χ3n) is 5.08. The lowest BCUT2D eigenvalue weighted by Gasteiger charge is -2.41. The molecule has 186 valence electrons. The van der Waals surface area contributed by atoms with Crippen LogP contribution in [0.4, 0.5) is 4.79 Å². The largest absolute Gasteiger partial charge is 0.444 e. The zero-order valence-corrected chi connectivity index (χ0v) is 21.9. The van der Waals surface area contributed by atoms with Crippen molar-refractivity contribution in [3.63, 3.8) is 0 Å². The first-order valence-corrected chi connectivity index (χ1v) is 11.8. The highest BCUT2D eigenvalue weighted by atomic mass is 16.6. The van der Waals surface area contributed by atoms with Gasteiger partial charge in [0.15, 0.2) is 0 Å². The Morgan fingerprint density at radius 3 is 2.15 bits per heavy atom.